The average Bonchev–Trinajstić information content (AvgIpc) is 2.88. The molecule has 3 aromatic carbocycles. The van der Waals surface area contributed by atoms with Crippen molar-refractivity contribution >= 4 is 23.4 Å². The Balaban J connectivity index is 1.87. The monoisotopic (exact) mass is 501 g/mol. The molecular formula is C29H31N3O5. The zero-order valence-electron chi connectivity index (χ0n) is 21.0. The minimum absolute atomic E-state index is 0.0480. The predicted octanol–water partition coefficient (Wildman–Crippen LogP) is 3.31. The molecule has 0 fully saturated rings. The lowest BCUT2D eigenvalue weighted by Crippen LogP contribution is -2.50. The topological polar surface area (TPSA) is 125 Å². The minimum Gasteiger partial charge on any atom is -0.484 e. The first kappa shape index (κ1) is 25.8. The Labute approximate surface area is 216 Å². The first-order valence-electron chi connectivity index (χ1n) is 12.1. The molecule has 8 nitrogen and oxygen atoms in total. The number of fused-ring (bicyclic) bond motifs is 1. The molecule has 0 bridgehead atoms. The summed E-state index contributed by atoms with van der Waals surface area (Å²) >= 11 is 0. The number of ether oxygens (including phenoxy) is 2. The van der Waals surface area contributed by atoms with Crippen molar-refractivity contribution in [2.24, 2.45) is 16.9 Å². The van der Waals surface area contributed by atoms with Crippen LogP contribution in [-0.4, -0.2) is 30.9 Å². The fourth-order valence-electron chi connectivity index (χ4n) is 4.85. The highest BCUT2D eigenvalue weighted by molar-refractivity contribution is 6.02. The first-order valence-corrected chi connectivity index (χ1v) is 12.1. The van der Waals surface area contributed by atoms with E-state index in [2.05, 4.69) is 0 Å². The quantitative estimate of drug-likeness (QED) is 0.441. The van der Waals surface area contributed by atoms with Gasteiger partial charge in [0.2, 0.25) is 5.91 Å². The molecule has 0 spiro atoms. The lowest BCUT2D eigenvalue weighted by molar-refractivity contribution is -0.129. The summed E-state index contributed by atoms with van der Waals surface area (Å²) in [5.74, 6) is -0.943. The highest BCUT2D eigenvalue weighted by atomic mass is 16.5. The van der Waals surface area contributed by atoms with E-state index < -0.39 is 17.2 Å². The molecule has 0 aliphatic carbocycles. The predicted molar refractivity (Wildman–Crippen MR) is 140 cm³/mol. The summed E-state index contributed by atoms with van der Waals surface area (Å²) in [4.78, 5) is 39.0. The van der Waals surface area contributed by atoms with Crippen molar-refractivity contribution in [1.82, 2.24) is 0 Å². The molecule has 0 saturated carbocycles. The molecule has 0 saturated heterocycles. The number of carbonyl (C=O) groups excluding carboxylic acids is 3. The number of nitrogens with two attached hydrogens (primary N) is 2. The molecule has 4 N–H and O–H groups in total. The number of hydrogen-bond acceptors (Lipinski definition) is 5. The molecule has 8 heteroatoms. The van der Waals surface area contributed by atoms with Gasteiger partial charge in [-0.05, 0) is 24.5 Å². The molecule has 1 heterocycles. The molecule has 0 radical (unpaired) electrons. The summed E-state index contributed by atoms with van der Waals surface area (Å²) in [5.41, 5.74) is 13.2. The highest BCUT2D eigenvalue weighted by Gasteiger charge is 2.49. The molecule has 2 atom stereocenters. The Hall–Kier alpha value is -4.33. The molecule has 37 heavy (non-hydrogen) atoms. The maximum Gasteiger partial charge on any atom is 0.255 e. The maximum atomic E-state index is 14.3. The van der Waals surface area contributed by atoms with Gasteiger partial charge in [-0.15, -0.1) is 0 Å². The number of anilines is 1. The third-order valence-corrected chi connectivity index (χ3v) is 6.86. The van der Waals surface area contributed by atoms with Crippen LogP contribution in [0.2, 0.25) is 0 Å². The van der Waals surface area contributed by atoms with Gasteiger partial charge in [0, 0.05) is 23.6 Å². The number of primary amides is 2. The van der Waals surface area contributed by atoms with Crippen LogP contribution in [0, 0.1) is 5.41 Å². The van der Waals surface area contributed by atoms with Gasteiger partial charge in [-0.3, -0.25) is 14.4 Å². The summed E-state index contributed by atoms with van der Waals surface area (Å²) in [6.45, 7) is 3.57. The van der Waals surface area contributed by atoms with Gasteiger partial charge >= 0.3 is 0 Å². The second kappa shape index (κ2) is 10.7. The van der Waals surface area contributed by atoms with Crippen LogP contribution < -0.4 is 25.8 Å². The van der Waals surface area contributed by atoms with Crippen LogP contribution in [0.25, 0.3) is 0 Å². The van der Waals surface area contributed by atoms with Crippen LogP contribution in [0.4, 0.5) is 5.69 Å². The SMILES string of the molecule is CC1c2c(OCC(N)=O)cc(OCC(N)=O)cc2N(Cc2ccccc2)C(=O)C1(C)Cc1ccccc1. The van der Waals surface area contributed by atoms with Crippen LogP contribution in [0.3, 0.4) is 0 Å². The van der Waals surface area contributed by atoms with Crippen molar-refractivity contribution in [2.45, 2.75) is 32.7 Å². The third kappa shape index (κ3) is 5.58. The van der Waals surface area contributed by atoms with Crippen LogP contribution in [0.5, 0.6) is 11.5 Å². The van der Waals surface area contributed by atoms with Crippen LogP contribution in [0.15, 0.2) is 72.8 Å². The Morgan fingerprint density at radius 1 is 0.892 bits per heavy atom. The number of carbonyl (C=O) groups is 3. The number of rotatable bonds is 10. The largest absolute Gasteiger partial charge is 0.484 e. The van der Waals surface area contributed by atoms with Crippen LogP contribution in [-0.2, 0) is 27.3 Å². The molecule has 2 unspecified atom stereocenters. The van der Waals surface area contributed by atoms with Crippen molar-refractivity contribution in [3.63, 3.8) is 0 Å². The summed E-state index contributed by atoms with van der Waals surface area (Å²) < 4.78 is 11.4. The summed E-state index contributed by atoms with van der Waals surface area (Å²) in [7, 11) is 0. The molecule has 0 aromatic heterocycles. The fourth-order valence-corrected chi connectivity index (χ4v) is 4.85. The molecule has 1 aliphatic heterocycles. The van der Waals surface area contributed by atoms with Gasteiger partial charge < -0.3 is 25.8 Å². The second-order valence-corrected chi connectivity index (χ2v) is 9.54. The minimum atomic E-state index is -0.816. The molecular weight excluding hydrogens is 470 g/mol. The lowest BCUT2D eigenvalue weighted by Gasteiger charge is -2.46. The van der Waals surface area contributed by atoms with Gasteiger partial charge in [0.25, 0.3) is 11.8 Å². The van der Waals surface area contributed by atoms with Gasteiger partial charge in [0.05, 0.1) is 17.6 Å². The van der Waals surface area contributed by atoms with Crippen molar-refractivity contribution in [3.05, 3.63) is 89.5 Å². The Morgan fingerprint density at radius 2 is 1.46 bits per heavy atom. The summed E-state index contributed by atoms with van der Waals surface area (Å²) in [5, 5.41) is 0. The van der Waals surface area contributed by atoms with Gasteiger partial charge in [0.1, 0.15) is 11.5 Å². The Morgan fingerprint density at radius 3 is 2.05 bits per heavy atom. The molecule has 3 aromatic rings. The fraction of sp³-hybridized carbons (Fsp3) is 0.276. The van der Waals surface area contributed by atoms with E-state index in [1.165, 1.54) is 0 Å². The van der Waals surface area contributed by atoms with E-state index in [1.807, 2.05) is 74.5 Å². The van der Waals surface area contributed by atoms with Crippen molar-refractivity contribution in [3.8, 4) is 11.5 Å². The Kier molecular flexibility index (Phi) is 7.47. The summed E-state index contributed by atoms with van der Waals surface area (Å²) in [6, 6.07) is 22.9. The van der Waals surface area contributed by atoms with E-state index >= 15 is 0 Å². The molecule has 3 amide bonds. The first-order chi connectivity index (χ1) is 17.7. The van der Waals surface area contributed by atoms with Gasteiger partial charge in [-0.1, -0.05) is 67.6 Å². The van der Waals surface area contributed by atoms with E-state index in [4.69, 9.17) is 20.9 Å². The summed E-state index contributed by atoms with van der Waals surface area (Å²) in [6.07, 6.45) is 0.508. The van der Waals surface area contributed by atoms with E-state index in [0.717, 1.165) is 16.7 Å². The third-order valence-electron chi connectivity index (χ3n) is 6.86. The van der Waals surface area contributed by atoms with E-state index in [9.17, 15) is 14.4 Å². The van der Waals surface area contributed by atoms with Crippen molar-refractivity contribution in [1.29, 1.82) is 0 Å². The van der Waals surface area contributed by atoms with E-state index in [1.54, 1.807) is 17.0 Å². The zero-order chi connectivity index (χ0) is 26.6. The van der Waals surface area contributed by atoms with Gasteiger partial charge in [-0.25, -0.2) is 0 Å². The highest BCUT2D eigenvalue weighted by Crippen LogP contribution is 2.53. The Bertz CT molecular complexity index is 1300. The normalized spacial score (nSPS) is 18.7. The van der Waals surface area contributed by atoms with E-state index in [0.29, 0.717) is 30.2 Å². The smallest absolute Gasteiger partial charge is 0.255 e. The van der Waals surface area contributed by atoms with Gasteiger partial charge in [-0.2, -0.15) is 0 Å². The zero-order valence-corrected chi connectivity index (χ0v) is 21.0. The average molecular weight is 502 g/mol. The van der Waals surface area contributed by atoms with Crippen molar-refractivity contribution < 1.29 is 23.9 Å². The standard InChI is InChI=1S/C29H31N3O5/c1-19-27-23(13-22(36-17-25(30)33)14-24(27)37-18-26(31)34)32(16-21-11-7-4-8-12-21)28(35)29(19,2)15-20-9-5-3-6-10-20/h3-14,19H,15-18H2,1-2H3,(H2,30,33)(H2,31,34). The molecule has 4 rings (SSSR count). The number of nitrogens with zero attached hydrogens (tertiary/aromatic N) is 1. The maximum absolute atomic E-state index is 14.3. The molecule has 1 aliphatic rings. The number of benzene rings is 3. The van der Waals surface area contributed by atoms with Crippen molar-refractivity contribution in [2.75, 3.05) is 18.1 Å². The van der Waals surface area contributed by atoms with Crippen LogP contribution >= 0.6 is 0 Å². The lowest BCUT2D eigenvalue weighted by atomic mass is 9.66. The number of hydrogen-bond donors (Lipinski definition) is 2. The molecule has 192 valence electrons. The number of amides is 3. The second-order valence-electron chi connectivity index (χ2n) is 9.54. The van der Waals surface area contributed by atoms with E-state index in [-0.39, 0.29) is 25.0 Å². The van der Waals surface area contributed by atoms with Crippen LogP contribution in [0.1, 0.15) is 36.5 Å². The van der Waals surface area contributed by atoms with Gasteiger partial charge in [0.15, 0.2) is 13.2 Å².